The summed E-state index contributed by atoms with van der Waals surface area (Å²) in [6.45, 7) is 7.96. The van der Waals surface area contributed by atoms with Gasteiger partial charge in [-0.2, -0.15) is 5.26 Å². The Balaban J connectivity index is 2.30. The number of nitrogens with one attached hydrogen (secondary N) is 1. The fourth-order valence-electron chi connectivity index (χ4n) is 2.60. The van der Waals surface area contributed by atoms with E-state index in [9.17, 15) is 5.26 Å². The fraction of sp³-hybridized carbons (Fsp3) is 0.929. The van der Waals surface area contributed by atoms with E-state index >= 15 is 0 Å². The number of likely N-dealkylation sites (N-methyl/N-ethyl adjacent to an activating group) is 1. The molecule has 0 radical (unpaired) electrons. The topological polar surface area (TPSA) is 42.3 Å². The molecule has 1 aliphatic rings. The molecule has 1 fully saturated rings. The minimum absolute atomic E-state index is 0.317. The number of nitriles is 1. The Morgan fingerprint density at radius 3 is 2.67 bits per heavy atom. The first kappa shape index (κ1) is 15.4. The van der Waals surface area contributed by atoms with Crippen molar-refractivity contribution in [2.45, 2.75) is 38.1 Å². The van der Waals surface area contributed by atoms with Gasteiger partial charge in [0.05, 0.1) is 6.07 Å². The van der Waals surface area contributed by atoms with Gasteiger partial charge in [-0.15, -0.1) is 0 Å². The molecule has 0 bridgehead atoms. The summed E-state index contributed by atoms with van der Waals surface area (Å²) in [6.07, 6.45) is 4.19. The van der Waals surface area contributed by atoms with Crippen LogP contribution in [-0.4, -0.2) is 62.2 Å². The Kier molecular flexibility index (Phi) is 6.62. The van der Waals surface area contributed by atoms with Gasteiger partial charge in [0, 0.05) is 13.1 Å². The average molecular weight is 252 g/mol. The summed E-state index contributed by atoms with van der Waals surface area (Å²) in [4.78, 5) is 4.94. The maximum atomic E-state index is 9.26. The second kappa shape index (κ2) is 7.73. The molecule has 1 heterocycles. The molecule has 104 valence electrons. The SMILES string of the molecule is CCC(C#N)(CCCN1CCCN(C)CC1)NC. The first-order chi connectivity index (χ1) is 8.65. The van der Waals surface area contributed by atoms with Crippen molar-refractivity contribution in [2.75, 3.05) is 46.8 Å². The standard InChI is InChI=1S/C14H28N4/c1-4-14(13-15,16-2)7-5-9-18-10-6-8-17(3)11-12-18/h16H,4-12H2,1-3H3. The number of nitrogens with zero attached hydrogens (tertiary/aromatic N) is 3. The quantitative estimate of drug-likeness (QED) is 0.773. The van der Waals surface area contributed by atoms with Crippen LogP contribution in [0.25, 0.3) is 0 Å². The van der Waals surface area contributed by atoms with Crippen molar-refractivity contribution in [1.29, 1.82) is 5.26 Å². The zero-order valence-corrected chi connectivity index (χ0v) is 12.2. The lowest BCUT2D eigenvalue weighted by molar-refractivity contribution is 0.259. The van der Waals surface area contributed by atoms with Crippen LogP contribution in [0.15, 0.2) is 0 Å². The van der Waals surface area contributed by atoms with Gasteiger partial charge in [0.25, 0.3) is 0 Å². The maximum Gasteiger partial charge on any atom is 0.106 e. The van der Waals surface area contributed by atoms with E-state index in [1.807, 2.05) is 7.05 Å². The van der Waals surface area contributed by atoms with Crippen LogP contribution in [0, 0.1) is 11.3 Å². The van der Waals surface area contributed by atoms with Crippen molar-refractivity contribution in [2.24, 2.45) is 0 Å². The Labute approximate surface area is 112 Å². The molecule has 18 heavy (non-hydrogen) atoms. The zero-order chi connectivity index (χ0) is 13.4. The highest BCUT2D eigenvalue weighted by molar-refractivity contribution is 5.05. The Bertz CT molecular complexity index is 267. The number of rotatable bonds is 6. The van der Waals surface area contributed by atoms with Gasteiger partial charge in [0.2, 0.25) is 0 Å². The summed E-state index contributed by atoms with van der Waals surface area (Å²) in [5, 5.41) is 12.4. The van der Waals surface area contributed by atoms with Gasteiger partial charge in [-0.1, -0.05) is 6.92 Å². The molecule has 1 N–H and O–H groups in total. The van der Waals surface area contributed by atoms with Crippen LogP contribution in [0.3, 0.4) is 0 Å². The molecule has 0 spiro atoms. The van der Waals surface area contributed by atoms with Crippen molar-refractivity contribution in [3.05, 3.63) is 0 Å². The Hall–Kier alpha value is -0.630. The smallest absolute Gasteiger partial charge is 0.106 e. The van der Waals surface area contributed by atoms with Crippen LogP contribution in [0.1, 0.15) is 32.6 Å². The molecule has 0 saturated carbocycles. The van der Waals surface area contributed by atoms with Crippen molar-refractivity contribution in [1.82, 2.24) is 15.1 Å². The highest BCUT2D eigenvalue weighted by Crippen LogP contribution is 2.16. The molecule has 4 heteroatoms. The minimum atomic E-state index is -0.317. The van der Waals surface area contributed by atoms with Crippen molar-refractivity contribution >= 4 is 0 Å². The van der Waals surface area contributed by atoms with Crippen molar-refractivity contribution in [3.63, 3.8) is 0 Å². The molecule has 1 rings (SSSR count). The van der Waals surface area contributed by atoms with Crippen LogP contribution in [0.2, 0.25) is 0 Å². The Morgan fingerprint density at radius 2 is 2.06 bits per heavy atom. The lowest BCUT2D eigenvalue weighted by atomic mass is 9.92. The Morgan fingerprint density at radius 1 is 1.28 bits per heavy atom. The molecule has 0 aromatic rings. The lowest BCUT2D eigenvalue weighted by Crippen LogP contribution is -2.41. The van der Waals surface area contributed by atoms with Gasteiger partial charge < -0.3 is 15.1 Å². The lowest BCUT2D eigenvalue weighted by Gasteiger charge is -2.26. The average Bonchev–Trinajstić information content (AvgIpc) is 2.60. The summed E-state index contributed by atoms with van der Waals surface area (Å²) < 4.78 is 0. The molecule has 1 unspecified atom stereocenters. The van der Waals surface area contributed by atoms with Crippen LogP contribution >= 0.6 is 0 Å². The zero-order valence-electron chi connectivity index (χ0n) is 12.2. The highest BCUT2D eigenvalue weighted by atomic mass is 15.2. The summed E-state index contributed by atoms with van der Waals surface area (Å²) in [5.74, 6) is 0. The highest BCUT2D eigenvalue weighted by Gasteiger charge is 2.25. The second-order valence-corrected chi connectivity index (χ2v) is 5.40. The normalized spacial score (nSPS) is 22.1. The fourth-order valence-corrected chi connectivity index (χ4v) is 2.60. The van der Waals surface area contributed by atoms with Crippen molar-refractivity contribution in [3.8, 4) is 6.07 Å². The third-order valence-corrected chi connectivity index (χ3v) is 4.19. The monoisotopic (exact) mass is 252 g/mol. The first-order valence-corrected chi connectivity index (χ1v) is 7.17. The van der Waals surface area contributed by atoms with Gasteiger partial charge in [-0.3, -0.25) is 0 Å². The van der Waals surface area contributed by atoms with Gasteiger partial charge in [-0.05, 0) is 59.4 Å². The van der Waals surface area contributed by atoms with E-state index in [4.69, 9.17) is 0 Å². The molecule has 1 aliphatic heterocycles. The third-order valence-electron chi connectivity index (χ3n) is 4.19. The first-order valence-electron chi connectivity index (χ1n) is 7.17. The number of hydrogen-bond donors (Lipinski definition) is 1. The van der Waals surface area contributed by atoms with Crippen LogP contribution in [0.5, 0.6) is 0 Å². The second-order valence-electron chi connectivity index (χ2n) is 5.40. The summed E-state index contributed by atoms with van der Waals surface area (Å²) in [7, 11) is 4.09. The predicted molar refractivity (Wildman–Crippen MR) is 75.5 cm³/mol. The molecule has 4 nitrogen and oxygen atoms in total. The van der Waals surface area contributed by atoms with E-state index in [2.05, 4.69) is 35.2 Å². The number of hydrogen-bond acceptors (Lipinski definition) is 4. The molecule has 0 aromatic carbocycles. The van der Waals surface area contributed by atoms with Gasteiger partial charge >= 0.3 is 0 Å². The summed E-state index contributed by atoms with van der Waals surface area (Å²) in [6, 6.07) is 2.43. The van der Waals surface area contributed by atoms with Gasteiger partial charge in [0.1, 0.15) is 5.54 Å². The molecule has 0 aliphatic carbocycles. The van der Waals surface area contributed by atoms with Gasteiger partial charge in [0.15, 0.2) is 0 Å². The molecule has 0 amide bonds. The molecular weight excluding hydrogens is 224 g/mol. The minimum Gasteiger partial charge on any atom is -0.305 e. The van der Waals surface area contributed by atoms with Crippen molar-refractivity contribution < 1.29 is 0 Å². The summed E-state index contributed by atoms with van der Waals surface area (Å²) in [5.41, 5.74) is -0.317. The van der Waals surface area contributed by atoms with E-state index in [0.717, 1.165) is 25.8 Å². The van der Waals surface area contributed by atoms with E-state index in [1.54, 1.807) is 0 Å². The van der Waals surface area contributed by atoms with Crippen LogP contribution < -0.4 is 5.32 Å². The third kappa shape index (κ3) is 4.56. The summed E-state index contributed by atoms with van der Waals surface area (Å²) >= 11 is 0. The molecule has 1 atom stereocenters. The van der Waals surface area contributed by atoms with E-state index in [0.29, 0.717) is 0 Å². The van der Waals surface area contributed by atoms with E-state index in [-0.39, 0.29) is 5.54 Å². The van der Waals surface area contributed by atoms with E-state index < -0.39 is 0 Å². The maximum absolute atomic E-state index is 9.26. The molecule has 0 aromatic heterocycles. The van der Waals surface area contributed by atoms with E-state index in [1.165, 1.54) is 32.6 Å². The predicted octanol–water partition coefficient (Wildman–Crippen LogP) is 1.30. The molecule has 1 saturated heterocycles. The van der Waals surface area contributed by atoms with Gasteiger partial charge in [-0.25, -0.2) is 0 Å². The molecular formula is C14H28N4. The van der Waals surface area contributed by atoms with Crippen LogP contribution in [-0.2, 0) is 0 Å². The van der Waals surface area contributed by atoms with Crippen LogP contribution in [0.4, 0.5) is 0 Å². The largest absolute Gasteiger partial charge is 0.305 e.